The fourth-order valence-electron chi connectivity index (χ4n) is 1.57. The van der Waals surface area contributed by atoms with Crippen LogP contribution in [0.3, 0.4) is 0 Å². The van der Waals surface area contributed by atoms with Crippen LogP contribution in [-0.4, -0.2) is 37.4 Å². The molecule has 1 N–H and O–H groups in total. The summed E-state index contributed by atoms with van der Waals surface area (Å²) in [4.78, 5) is 11.0. The van der Waals surface area contributed by atoms with Crippen LogP contribution in [-0.2, 0) is 10.0 Å². The zero-order chi connectivity index (χ0) is 13.9. The molecule has 0 aliphatic carbocycles. The van der Waals surface area contributed by atoms with Crippen LogP contribution < -0.4 is 0 Å². The molecular weight excluding hydrogens is 254 g/mol. The lowest BCUT2D eigenvalue weighted by molar-refractivity contribution is 0.0696. The van der Waals surface area contributed by atoms with Crippen molar-refractivity contribution < 1.29 is 18.3 Å². The van der Waals surface area contributed by atoms with E-state index in [0.29, 0.717) is 0 Å². The van der Waals surface area contributed by atoms with Gasteiger partial charge in [0.1, 0.15) is 0 Å². The Bertz CT molecular complexity index is 578. The summed E-state index contributed by atoms with van der Waals surface area (Å²) < 4.78 is 25.5. The van der Waals surface area contributed by atoms with Crippen molar-refractivity contribution in [2.75, 3.05) is 13.6 Å². The second kappa shape index (κ2) is 5.32. The number of hydrogen-bond donors (Lipinski definition) is 1. The van der Waals surface area contributed by atoms with Gasteiger partial charge in [0.25, 0.3) is 0 Å². The molecule has 0 aromatic heterocycles. The van der Waals surface area contributed by atoms with Crippen molar-refractivity contribution in [3.8, 4) is 0 Å². The Kier molecular flexibility index (Phi) is 4.26. The molecule has 0 atom stereocenters. The van der Waals surface area contributed by atoms with Gasteiger partial charge in [0.05, 0.1) is 10.5 Å². The number of hydrogen-bond acceptors (Lipinski definition) is 3. The molecule has 0 saturated heterocycles. The minimum Gasteiger partial charge on any atom is -0.478 e. The van der Waals surface area contributed by atoms with Crippen LogP contribution >= 0.6 is 0 Å². The fourth-order valence-corrected chi connectivity index (χ4v) is 2.96. The molecule has 1 aromatic carbocycles. The van der Waals surface area contributed by atoms with E-state index < -0.39 is 16.0 Å². The summed E-state index contributed by atoms with van der Waals surface area (Å²) in [7, 11) is -2.27. The van der Waals surface area contributed by atoms with Gasteiger partial charge in [0.15, 0.2) is 0 Å². The van der Waals surface area contributed by atoms with Crippen LogP contribution in [0.15, 0.2) is 35.7 Å². The summed E-state index contributed by atoms with van der Waals surface area (Å²) in [5.41, 5.74) is 0.226. The van der Waals surface area contributed by atoms with Gasteiger partial charge in [-0.15, -0.1) is 6.58 Å². The number of benzene rings is 1. The number of carboxylic acids is 1. The first kappa shape index (κ1) is 14.4. The van der Waals surface area contributed by atoms with E-state index in [1.54, 1.807) is 0 Å². The number of nitrogens with zero attached hydrogens (tertiary/aromatic N) is 1. The van der Waals surface area contributed by atoms with Crippen LogP contribution in [0.25, 0.3) is 0 Å². The molecule has 1 aromatic rings. The normalized spacial score (nSPS) is 11.5. The molecule has 0 fully saturated rings. The molecule has 0 amide bonds. The molecule has 0 bridgehead atoms. The van der Waals surface area contributed by atoms with Crippen molar-refractivity contribution >= 4 is 16.0 Å². The molecule has 1 rings (SSSR count). The number of carboxylic acid groups (broad SMARTS) is 1. The number of likely N-dealkylation sites (N-methyl/N-ethyl adjacent to an activating group) is 1. The first-order chi connectivity index (χ1) is 8.32. The molecule has 0 saturated carbocycles. The van der Waals surface area contributed by atoms with Crippen LogP contribution in [0, 0.1) is 6.92 Å². The Balaban J connectivity index is 3.38. The minimum absolute atomic E-state index is 0.00625. The smallest absolute Gasteiger partial charge is 0.335 e. The number of rotatable bonds is 5. The van der Waals surface area contributed by atoms with Crippen molar-refractivity contribution in [1.82, 2.24) is 4.31 Å². The van der Waals surface area contributed by atoms with E-state index in [9.17, 15) is 13.2 Å². The lowest BCUT2D eigenvalue weighted by Crippen LogP contribution is -2.28. The van der Waals surface area contributed by atoms with Crippen LogP contribution in [0.2, 0.25) is 0 Å². The lowest BCUT2D eigenvalue weighted by Gasteiger charge is -2.17. The predicted octanol–water partition coefficient (Wildman–Crippen LogP) is 1.50. The molecule has 18 heavy (non-hydrogen) atoms. The van der Waals surface area contributed by atoms with Crippen LogP contribution in [0.5, 0.6) is 0 Å². The highest BCUT2D eigenvalue weighted by Crippen LogP contribution is 2.21. The van der Waals surface area contributed by atoms with Gasteiger partial charge in [-0.3, -0.25) is 0 Å². The van der Waals surface area contributed by atoms with Gasteiger partial charge in [-0.05, 0) is 24.6 Å². The van der Waals surface area contributed by atoms with Gasteiger partial charge in [-0.25, -0.2) is 13.2 Å². The number of carbonyl (C=O) groups is 1. The maximum Gasteiger partial charge on any atom is 0.335 e. The van der Waals surface area contributed by atoms with E-state index in [4.69, 9.17) is 5.11 Å². The Morgan fingerprint density at radius 2 is 2.11 bits per heavy atom. The number of aromatic carboxylic acids is 1. The van der Waals surface area contributed by atoms with Gasteiger partial charge < -0.3 is 5.11 Å². The van der Waals surface area contributed by atoms with Crippen LogP contribution in [0.1, 0.15) is 15.9 Å². The highest BCUT2D eigenvalue weighted by atomic mass is 32.2. The molecule has 0 aliphatic rings. The first-order valence-electron chi connectivity index (χ1n) is 5.22. The maximum absolute atomic E-state index is 12.2. The maximum atomic E-state index is 12.2. The van der Waals surface area contributed by atoms with E-state index in [-0.39, 0.29) is 22.6 Å². The van der Waals surface area contributed by atoms with Crippen molar-refractivity contribution in [3.63, 3.8) is 0 Å². The Labute approximate surface area is 106 Å². The van der Waals surface area contributed by atoms with Gasteiger partial charge >= 0.3 is 5.97 Å². The highest BCUT2D eigenvalue weighted by Gasteiger charge is 2.24. The zero-order valence-electron chi connectivity index (χ0n) is 10.3. The Hall–Kier alpha value is -1.66. The third kappa shape index (κ3) is 2.60. The summed E-state index contributed by atoms with van der Waals surface area (Å²) in [6.07, 6.45) is 1.47. The summed E-state index contributed by atoms with van der Waals surface area (Å²) in [6, 6.07) is 4.20. The van der Waals surface area contributed by atoms with Crippen molar-refractivity contribution in [1.29, 1.82) is 0 Å². The van der Waals surface area contributed by atoms with Gasteiger partial charge in [-0.1, -0.05) is 12.1 Å². The topological polar surface area (TPSA) is 74.7 Å². The molecule has 0 spiro atoms. The summed E-state index contributed by atoms with van der Waals surface area (Å²) in [5.74, 6) is -1.14. The van der Waals surface area contributed by atoms with E-state index in [1.807, 2.05) is 0 Å². The molecule has 98 valence electrons. The second-order valence-corrected chi connectivity index (χ2v) is 5.82. The van der Waals surface area contributed by atoms with E-state index in [2.05, 4.69) is 6.58 Å². The van der Waals surface area contributed by atoms with Crippen molar-refractivity contribution in [2.24, 2.45) is 0 Å². The third-order valence-electron chi connectivity index (χ3n) is 2.59. The summed E-state index contributed by atoms with van der Waals surface area (Å²) in [6.45, 7) is 5.13. The molecule has 5 nitrogen and oxygen atoms in total. The molecular formula is C12H15NO4S. The van der Waals surface area contributed by atoms with Gasteiger partial charge in [0, 0.05) is 13.6 Å². The Morgan fingerprint density at radius 3 is 2.61 bits per heavy atom. The fraction of sp³-hybridized carbons (Fsp3) is 0.250. The first-order valence-corrected chi connectivity index (χ1v) is 6.66. The largest absolute Gasteiger partial charge is 0.478 e. The van der Waals surface area contributed by atoms with Crippen molar-refractivity contribution in [2.45, 2.75) is 11.8 Å². The van der Waals surface area contributed by atoms with Crippen LogP contribution in [0.4, 0.5) is 0 Å². The summed E-state index contributed by atoms with van der Waals surface area (Å²) in [5, 5.41) is 8.97. The monoisotopic (exact) mass is 269 g/mol. The lowest BCUT2D eigenvalue weighted by atomic mass is 10.1. The highest BCUT2D eigenvalue weighted by molar-refractivity contribution is 7.89. The van der Waals surface area contributed by atoms with E-state index in [0.717, 1.165) is 4.31 Å². The average Bonchev–Trinajstić information content (AvgIpc) is 2.28. The van der Waals surface area contributed by atoms with Gasteiger partial charge in [-0.2, -0.15) is 4.31 Å². The van der Waals surface area contributed by atoms with Crippen molar-refractivity contribution in [3.05, 3.63) is 42.0 Å². The SMILES string of the molecule is C=CCN(C)S(=O)(=O)c1cccc(C(=O)O)c1C. The second-order valence-electron chi connectivity index (χ2n) is 3.81. The average molecular weight is 269 g/mol. The third-order valence-corrected chi connectivity index (χ3v) is 4.56. The molecule has 0 unspecified atom stereocenters. The molecule has 6 heteroatoms. The standard InChI is InChI=1S/C12H15NO4S/c1-4-8-13(3)18(16,17)11-7-5-6-10(9(11)2)12(14)15/h4-7H,1,8H2,2-3H3,(H,14,15). The van der Waals surface area contributed by atoms with Gasteiger partial charge in [0.2, 0.25) is 10.0 Å². The van der Waals surface area contributed by atoms with E-state index in [1.165, 1.54) is 38.2 Å². The predicted molar refractivity (Wildman–Crippen MR) is 68.2 cm³/mol. The summed E-state index contributed by atoms with van der Waals surface area (Å²) >= 11 is 0. The molecule has 0 aliphatic heterocycles. The zero-order valence-corrected chi connectivity index (χ0v) is 11.1. The molecule has 0 heterocycles. The molecule has 0 radical (unpaired) electrons. The number of sulfonamides is 1. The van der Waals surface area contributed by atoms with E-state index >= 15 is 0 Å². The minimum atomic E-state index is -3.69. The Morgan fingerprint density at radius 1 is 1.50 bits per heavy atom. The quantitative estimate of drug-likeness (QED) is 0.822.